The van der Waals surface area contributed by atoms with Crippen LogP contribution in [0.3, 0.4) is 0 Å². The molecule has 0 saturated carbocycles. The Morgan fingerprint density at radius 1 is 1.00 bits per heavy atom. The van der Waals surface area contributed by atoms with Crippen molar-refractivity contribution in [3.63, 3.8) is 0 Å². The molecular weight excluding hydrogens is 402 g/mol. The molecule has 4 heterocycles. The van der Waals surface area contributed by atoms with Crippen LogP contribution < -0.4 is 10.2 Å². The van der Waals surface area contributed by atoms with Crippen LogP contribution in [0.4, 0.5) is 11.8 Å². The second-order valence-electron chi connectivity index (χ2n) is 8.49. The van der Waals surface area contributed by atoms with Crippen LogP contribution in [0, 0.1) is 0 Å². The molecule has 1 aromatic carbocycles. The van der Waals surface area contributed by atoms with Crippen LogP contribution in [0.15, 0.2) is 55.4 Å². The molecule has 0 radical (unpaired) electrons. The van der Waals surface area contributed by atoms with Crippen molar-refractivity contribution >= 4 is 11.8 Å². The summed E-state index contributed by atoms with van der Waals surface area (Å²) in [6.45, 7) is 1.90. The van der Waals surface area contributed by atoms with Gasteiger partial charge in [-0.05, 0) is 42.9 Å². The monoisotopic (exact) mass is 427 g/mol. The fraction of sp³-hybridized carbons (Fsp3) is 0.348. The summed E-state index contributed by atoms with van der Waals surface area (Å²) in [6.07, 6.45) is 11.2. The van der Waals surface area contributed by atoms with Crippen LogP contribution in [-0.2, 0) is 12.8 Å². The number of aromatic nitrogens is 7. The highest BCUT2D eigenvalue weighted by Crippen LogP contribution is 2.27. The molecule has 0 unspecified atom stereocenters. The SMILES string of the molecule is c1ccc2c(c1)CC(Nc1nccc(-c3ncc(N4CCC(n5cncn5)CC4)[nH]3)n1)C2. The summed E-state index contributed by atoms with van der Waals surface area (Å²) in [5, 5.41) is 7.78. The summed E-state index contributed by atoms with van der Waals surface area (Å²) in [5.74, 6) is 2.43. The first-order valence-electron chi connectivity index (χ1n) is 11.1. The first-order valence-corrected chi connectivity index (χ1v) is 11.1. The van der Waals surface area contributed by atoms with E-state index in [-0.39, 0.29) is 0 Å². The predicted octanol–water partition coefficient (Wildman–Crippen LogP) is 2.88. The van der Waals surface area contributed by atoms with Crippen LogP contribution in [0.5, 0.6) is 0 Å². The van der Waals surface area contributed by atoms with Gasteiger partial charge in [-0.2, -0.15) is 5.10 Å². The number of nitrogens with zero attached hydrogens (tertiary/aromatic N) is 7. The van der Waals surface area contributed by atoms with E-state index in [0.717, 1.165) is 56.1 Å². The Balaban J connectivity index is 1.11. The van der Waals surface area contributed by atoms with Crippen LogP contribution in [0.1, 0.15) is 30.0 Å². The van der Waals surface area contributed by atoms with Gasteiger partial charge in [-0.15, -0.1) is 0 Å². The van der Waals surface area contributed by atoms with Crippen molar-refractivity contribution in [1.29, 1.82) is 0 Å². The van der Waals surface area contributed by atoms with Gasteiger partial charge in [-0.1, -0.05) is 24.3 Å². The van der Waals surface area contributed by atoms with E-state index in [1.165, 1.54) is 11.1 Å². The average Bonchev–Trinajstić information content (AvgIpc) is 3.60. The summed E-state index contributed by atoms with van der Waals surface area (Å²) in [6, 6.07) is 11.2. The van der Waals surface area contributed by atoms with Gasteiger partial charge in [-0.3, -0.25) is 0 Å². The molecule has 2 aliphatic rings. The minimum Gasteiger partial charge on any atom is -0.357 e. The van der Waals surface area contributed by atoms with Crippen LogP contribution in [-0.4, -0.2) is 53.8 Å². The summed E-state index contributed by atoms with van der Waals surface area (Å²) in [5.41, 5.74) is 3.61. The van der Waals surface area contributed by atoms with E-state index in [0.29, 0.717) is 18.0 Å². The van der Waals surface area contributed by atoms with Crippen LogP contribution >= 0.6 is 0 Å². The minimum atomic E-state index is 0.320. The van der Waals surface area contributed by atoms with Crippen LogP contribution in [0.2, 0.25) is 0 Å². The number of H-pyrrole nitrogens is 1. The molecule has 6 rings (SSSR count). The lowest BCUT2D eigenvalue weighted by Crippen LogP contribution is -2.35. The number of rotatable bonds is 5. The molecular formula is C23H25N9. The van der Waals surface area contributed by atoms with Gasteiger partial charge in [-0.25, -0.2) is 24.6 Å². The molecule has 32 heavy (non-hydrogen) atoms. The number of anilines is 2. The molecule has 0 amide bonds. The lowest BCUT2D eigenvalue weighted by molar-refractivity contribution is 0.365. The maximum absolute atomic E-state index is 4.72. The Kier molecular flexibility index (Phi) is 4.78. The largest absolute Gasteiger partial charge is 0.357 e. The van der Waals surface area contributed by atoms with E-state index < -0.39 is 0 Å². The molecule has 4 aromatic rings. The zero-order valence-electron chi connectivity index (χ0n) is 17.7. The van der Waals surface area contributed by atoms with Gasteiger partial charge in [0.2, 0.25) is 5.95 Å². The summed E-state index contributed by atoms with van der Waals surface area (Å²) < 4.78 is 1.97. The van der Waals surface area contributed by atoms with Gasteiger partial charge in [0.1, 0.15) is 24.2 Å². The number of piperidine rings is 1. The Hall–Kier alpha value is -3.75. The van der Waals surface area contributed by atoms with Gasteiger partial charge >= 0.3 is 0 Å². The molecule has 0 atom stereocenters. The van der Waals surface area contributed by atoms with E-state index in [4.69, 9.17) is 4.98 Å². The summed E-state index contributed by atoms with van der Waals surface area (Å²) in [7, 11) is 0. The molecule has 0 bridgehead atoms. The fourth-order valence-electron chi connectivity index (χ4n) is 4.78. The Bertz CT molecular complexity index is 1170. The van der Waals surface area contributed by atoms with E-state index in [9.17, 15) is 0 Å². The fourth-order valence-corrected chi connectivity index (χ4v) is 4.78. The smallest absolute Gasteiger partial charge is 0.223 e. The molecule has 9 heteroatoms. The summed E-state index contributed by atoms with van der Waals surface area (Å²) in [4.78, 5) is 23.6. The van der Waals surface area contributed by atoms with E-state index in [1.807, 2.05) is 16.9 Å². The van der Waals surface area contributed by atoms with Crippen LogP contribution in [0.25, 0.3) is 11.5 Å². The second-order valence-corrected chi connectivity index (χ2v) is 8.49. The van der Waals surface area contributed by atoms with Gasteiger partial charge in [0, 0.05) is 25.3 Å². The van der Waals surface area contributed by atoms with Gasteiger partial charge < -0.3 is 15.2 Å². The summed E-state index contributed by atoms with van der Waals surface area (Å²) >= 11 is 0. The molecule has 162 valence electrons. The van der Waals surface area contributed by atoms with E-state index >= 15 is 0 Å². The maximum Gasteiger partial charge on any atom is 0.223 e. The minimum absolute atomic E-state index is 0.320. The van der Waals surface area contributed by atoms with Crippen molar-refractivity contribution in [3.8, 4) is 11.5 Å². The quantitative estimate of drug-likeness (QED) is 0.505. The van der Waals surface area contributed by atoms with Gasteiger partial charge in [0.15, 0.2) is 5.82 Å². The number of imidazole rings is 1. The number of aromatic amines is 1. The molecule has 9 nitrogen and oxygen atoms in total. The van der Waals surface area contributed by atoms with Crippen molar-refractivity contribution in [2.24, 2.45) is 0 Å². The first kappa shape index (κ1) is 19.0. The van der Waals surface area contributed by atoms with E-state index in [1.54, 1.807) is 18.9 Å². The third-order valence-electron chi connectivity index (χ3n) is 6.46. The molecule has 3 aromatic heterocycles. The Labute approximate surface area is 186 Å². The molecule has 2 N–H and O–H groups in total. The lowest BCUT2D eigenvalue weighted by atomic mass is 10.1. The lowest BCUT2D eigenvalue weighted by Gasteiger charge is -2.32. The first-order chi connectivity index (χ1) is 15.8. The van der Waals surface area contributed by atoms with Crippen molar-refractivity contribution in [1.82, 2.24) is 34.7 Å². The number of fused-ring (bicyclic) bond motifs is 1. The highest BCUT2D eigenvalue weighted by molar-refractivity contribution is 5.55. The molecule has 0 spiro atoms. The van der Waals surface area contributed by atoms with E-state index in [2.05, 4.69) is 59.5 Å². The molecule has 1 aliphatic heterocycles. The second kappa shape index (κ2) is 8.07. The van der Waals surface area contributed by atoms with Gasteiger partial charge in [0.25, 0.3) is 0 Å². The molecule has 1 saturated heterocycles. The predicted molar refractivity (Wildman–Crippen MR) is 121 cm³/mol. The standard InChI is InChI=1S/C23H25N9/c1-2-4-17-12-18(11-16(17)3-1)28-23-25-8-5-20(29-23)22-26-13-21(30-22)31-9-6-19(7-10-31)32-15-24-14-27-32/h1-5,8,13-15,18-19H,6-7,9-12H2,(H,26,30)(H,25,28,29). The molecule has 1 fully saturated rings. The zero-order valence-corrected chi connectivity index (χ0v) is 17.7. The highest BCUT2D eigenvalue weighted by atomic mass is 15.3. The molecule has 1 aliphatic carbocycles. The third kappa shape index (κ3) is 3.70. The number of hydrogen-bond acceptors (Lipinski definition) is 7. The highest BCUT2D eigenvalue weighted by Gasteiger charge is 2.23. The van der Waals surface area contributed by atoms with Crippen molar-refractivity contribution < 1.29 is 0 Å². The number of nitrogens with one attached hydrogen (secondary N) is 2. The van der Waals surface area contributed by atoms with Crippen molar-refractivity contribution in [2.45, 2.75) is 37.8 Å². The third-order valence-corrected chi connectivity index (χ3v) is 6.46. The van der Waals surface area contributed by atoms with Crippen molar-refractivity contribution in [3.05, 3.63) is 66.5 Å². The van der Waals surface area contributed by atoms with Crippen molar-refractivity contribution in [2.75, 3.05) is 23.3 Å². The van der Waals surface area contributed by atoms with Gasteiger partial charge in [0.05, 0.1) is 12.2 Å². The topological polar surface area (TPSA) is 100 Å². The maximum atomic E-state index is 4.72. The number of hydrogen-bond donors (Lipinski definition) is 2. The number of benzene rings is 1. The Morgan fingerprint density at radius 3 is 2.56 bits per heavy atom. The normalized spacial score (nSPS) is 16.9. The average molecular weight is 428 g/mol. The zero-order chi connectivity index (χ0) is 21.3. The Morgan fingerprint density at radius 2 is 1.81 bits per heavy atom.